The first kappa shape index (κ1) is 20.8. The van der Waals surface area contributed by atoms with Crippen molar-refractivity contribution in [2.45, 2.75) is 58.0 Å². The van der Waals surface area contributed by atoms with Crippen LogP contribution in [0.2, 0.25) is 0 Å². The average Bonchev–Trinajstić information content (AvgIpc) is 3.23. The largest absolute Gasteiger partial charge is 0.352 e. The highest BCUT2D eigenvalue weighted by Gasteiger charge is 2.37. The highest BCUT2D eigenvalue weighted by Crippen LogP contribution is 2.31. The van der Waals surface area contributed by atoms with E-state index in [2.05, 4.69) is 17.1 Å². The molecule has 1 N–H and O–H groups in total. The van der Waals surface area contributed by atoms with Gasteiger partial charge in [-0.1, -0.05) is 19.8 Å². The van der Waals surface area contributed by atoms with Crippen molar-refractivity contribution in [3.8, 4) is 0 Å². The van der Waals surface area contributed by atoms with Gasteiger partial charge in [-0.3, -0.25) is 14.5 Å². The maximum Gasteiger partial charge on any atom is 0.253 e. The monoisotopic (exact) mass is 389 g/mol. The Morgan fingerprint density at radius 2 is 1.71 bits per heavy atom. The van der Waals surface area contributed by atoms with Crippen molar-refractivity contribution in [1.29, 1.82) is 0 Å². The summed E-state index contributed by atoms with van der Waals surface area (Å²) in [6.07, 6.45) is 5.52. The Hall–Kier alpha value is -1.95. The lowest BCUT2D eigenvalue weighted by molar-refractivity contribution is -0.129. The number of carbonyl (C=O) groups excluding carboxylic acids is 2. The fraction of sp³-hybridized carbons (Fsp3) is 0.636. The maximum atomic E-state index is 13.1. The van der Waals surface area contributed by atoms with Gasteiger partial charge in [-0.25, -0.2) is 4.39 Å². The minimum absolute atomic E-state index is 0.0684. The quantitative estimate of drug-likeness (QED) is 0.814. The molecule has 0 radical (unpaired) electrons. The fourth-order valence-corrected chi connectivity index (χ4v) is 4.36. The van der Waals surface area contributed by atoms with Crippen LogP contribution in [0.3, 0.4) is 0 Å². The molecule has 28 heavy (non-hydrogen) atoms. The van der Waals surface area contributed by atoms with E-state index in [0.29, 0.717) is 37.7 Å². The molecule has 1 heterocycles. The molecule has 2 amide bonds. The van der Waals surface area contributed by atoms with E-state index in [1.807, 2.05) is 11.8 Å². The Balaban J connectivity index is 1.63. The number of nitrogens with one attached hydrogen (secondary N) is 1. The minimum Gasteiger partial charge on any atom is -0.352 e. The first-order valence-electron chi connectivity index (χ1n) is 10.6. The summed E-state index contributed by atoms with van der Waals surface area (Å²) in [5.41, 5.74) is 0.511. The lowest BCUT2D eigenvalue weighted by Gasteiger charge is -2.41. The number of halogens is 1. The third-order valence-corrected chi connectivity index (χ3v) is 6.20. The van der Waals surface area contributed by atoms with Gasteiger partial charge in [0.2, 0.25) is 5.91 Å². The van der Waals surface area contributed by atoms with Gasteiger partial charge in [-0.2, -0.15) is 0 Å². The van der Waals surface area contributed by atoms with E-state index >= 15 is 0 Å². The summed E-state index contributed by atoms with van der Waals surface area (Å²) >= 11 is 0. The van der Waals surface area contributed by atoms with E-state index in [1.165, 1.54) is 37.1 Å². The van der Waals surface area contributed by atoms with E-state index < -0.39 is 0 Å². The van der Waals surface area contributed by atoms with Crippen molar-refractivity contribution in [3.05, 3.63) is 35.6 Å². The van der Waals surface area contributed by atoms with Crippen LogP contribution >= 0.6 is 0 Å². The SMILES string of the molecule is CC[C@@H](C)NC(=O)[C@H](C1CCCC1)N1CCN(C(=O)c2ccc(F)cc2)CC1. The van der Waals surface area contributed by atoms with E-state index in [9.17, 15) is 14.0 Å². The number of rotatable bonds is 6. The van der Waals surface area contributed by atoms with Crippen molar-refractivity contribution < 1.29 is 14.0 Å². The molecular formula is C22H32FN3O2. The van der Waals surface area contributed by atoms with Crippen molar-refractivity contribution in [2.24, 2.45) is 5.92 Å². The zero-order valence-corrected chi connectivity index (χ0v) is 17.0. The van der Waals surface area contributed by atoms with Crippen molar-refractivity contribution in [3.63, 3.8) is 0 Å². The van der Waals surface area contributed by atoms with E-state index in [-0.39, 0.29) is 29.7 Å². The first-order valence-corrected chi connectivity index (χ1v) is 10.6. The smallest absolute Gasteiger partial charge is 0.253 e. The van der Waals surface area contributed by atoms with Crippen LogP contribution in [0.25, 0.3) is 0 Å². The van der Waals surface area contributed by atoms with Gasteiger partial charge in [0.15, 0.2) is 0 Å². The first-order chi connectivity index (χ1) is 13.5. The Bertz CT molecular complexity index is 665. The molecule has 2 atom stereocenters. The molecule has 154 valence electrons. The molecule has 1 aromatic rings. The predicted molar refractivity (Wildman–Crippen MR) is 108 cm³/mol. The van der Waals surface area contributed by atoms with Gasteiger partial charge < -0.3 is 10.2 Å². The molecular weight excluding hydrogens is 357 g/mol. The van der Waals surface area contributed by atoms with Crippen LogP contribution in [0.15, 0.2) is 24.3 Å². The van der Waals surface area contributed by atoms with Gasteiger partial charge in [0, 0.05) is 37.8 Å². The molecule has 1 saturated carbocycles. The van der Waals surface area contributed by atoms with Crippen LogP contribution in [-0.2, 0) is 4.79 Å². The number of carbonyl (C=O) groups is 2. The maximum absolute atomic E-state index is 13.1. The summed E-state index contributed by atoms with van der Waals surface area (Å²) in [5.74, 6) is 0.136. The molecule has 2 fully saturated rings. The minimum atomic E-state index is -0.340. The van der Waals surface area contributed by atoms with Gasteiger partial charge in [0.25, 0.3) is 5.91 Å². The fourth-order valence-electron chi connectivity index (χ4n) is 4.36. The molecule has 1 saturated heterocycles. The van der Waals surface area contributed by atoms with Crippen LogP contribution in [0.1, 0.15) is 56.3 Å². The van der Waals surface area contributed by atoms with Crippen LogP contribution < -0.4 is 5.32 Å². The second-order valence-corrected chi connectivity index (χ2v) is 8.14. The number of benzene rings is 1. The Kier molecular flexibility index (Phi) is 7.05. The zero-order chi connectivity index (χ0) is 20.1. The Morgan fingerprint density at radius 1 is 1.11 bits per heavy atom. The van der Waals surface area contributed by atoms with Gasteiger partial charge in [-0.05, 0) is 56.4 Å². The molecule has 0 aromatic heterocycles. The molecule has 0 unspecified atom stereocenters. The average molecular weight is 390 g/mol. The molecule has 1 aromatic carbocycles. The lowest BCUT2D eigenvalue weighted by atomic mass is 9.94. The van der Waals surface area contributed by atoms with E-state index in [1.54, 1.807) is 0 Å². The molecule has 6 heteroatoms. The molecule has 5 nitrogen and oxygen atoms in total. The highest BCUT2D eigenvalue weighted by molar-refractivity contribution is 5.94. The summed E-state index contributed by atoms with van der Waals surface area (Å²) in [7, 11) is 0. The third-order valence-electron chi connectivity index (χ3n) is 6.20. The van der Waals surface area contributed by atoms with Crippen molar-refractivity contribution in [1.82, 2.24) is 15.1 Å². The van der Waals surface area contributed by atoms with E-state index in [4.69, 9.17) is 0 Å². The molecule has 0 bridgehead atoms. The number of hydrogen-bond donors (Lipinski definition) is 1. The van der Waals surface area contributed by atoms with Gasteiger partial charge >= 0.3 is 0 Å². The van der Waals surface area contributed by atoms with Crippen LogP contribution in [0.4, 0.5) is 4.39 Å². The van der Waals surface area contributed by atoms with Gasteiger partial charge in [0.05, 0.1) is 6.04 Å². The molecule has 0 spiro atoms. The zero-order valence-electron chi connectivity index (χ0n) is 17.0. The molecule has 1 aliphatic carbocycles. The molecule has 2 aliphatic rings. The molecule has 3 rings (SSSR count). The lowest BCUT2D eigenvalue weighted by Crippen LogP contribution is -2.58. The van der Waals surface area contributed by atoms with Crippen molar-refractivity contribution in [2.75, 3.05) is 26.2 Å². The second kappa shape index (κ2) is 9.50. The summed E-state index contributed by atoms with van der Waals surface area (Å²) in [6, 6.07) is 5.78. The number of piperazine rings is 1. The summed E-state index contributed by atoms with van der Waals surface area (Å²) < 4.78 is 13.1. The number of hydrogen-bond acceptors (Lipinski definition) is 3. The Morgan fingerprint density at radius 3 is 2.29 bits per heavy atom. The summed E-state index contributed by atoms with van der Waals surface area (Å²) in [5, 5.41) is 3.17. The Labute approximate surface area is 167 Å². The molecule has 1 aliphatic heterocycles. The van der Waals surface area contributed by atoms with Crippen LogP contribution in [0, 0.1) is 11.7 Å². The number of amides is 2. The van der Waals surface area contributed by atoms with Crippen molar-refractivity contribution >= 4 is 11.8 Å². The standard InChI is InChI=1S/C22H32FN3O2/c1-3-16(2)24-21(27)20(17-6-4-5-7-17)25-12-14-26(15-13-25)22(28)18-8-10-19(23)11-9-18/h8-11,16-17,20H,3-7,12-15H2,1-2H3,(H,24,27)/t16-,20+/m1/s1. The third kappa shape index (κ3) is 4.90. The topological polar surface area (TPSA) is 52.7 Å². The van der Waals surface area contributed by atoms with E-state index in [0.717, 1.165) is 19.3 Å². The normalized spacial score (nSPS) is 20.8. The number of nitrogens with zero attached hydrogens (tertiary/aromatic N) is 2. The highest BCUT2D eigenvalue weighted by atomic mass is 19.1. The van der Waals surface area contributed by atoms with Gasteiger partial charge in [-0.15, -0.1) is 0 Å². The second-order valence-electron chi connectivity index (χ2n) is 8.14. The summed E-state index contributed by atoms with van der Waals surface area (Å²) in [6.45, 7) is 6.70. The van der Waals surface area contributed by atoms with Gasteiger partial charge in [0.1, 0.15) is 5.82 Å². The van der Waals surface area contributed by atoms with Crippen LogP contribution in [-0.4, -0.2) is 59.9 Å². The predicted octanol–water partition coefficient (Wildman–Crippen LogP) is 3.06. The van der Waals surface area contributed by atoms with Crippen LogP contribution in [0.5, 0.6) is 0 Å². The summed E-state index contributed by atoms with van der Waals surface area (Å²) in [4.78, 5) is 29.7.